The number of primary amides is 1. The fourth-order valence-electron chi connectivity index (χ4n) is 2.25. The third kappa shape index (κ3) is 4.80. The van der Waals surface area contributed by atoms with Crippen LogP contribution in [0.15, 0.2) is 6.07 Å². The van der Waals surface area contributed by atoms with Crippen molar-refractivity contribution in [1.82, 2.24) is 15.1 Å². The monoisotopic (exact) mass is 313 g/mol. The van der Waals surface area contributed by atoms with Crippen LogP contribution in [0.3, 0.4) is 0 Å². The average Bonchev–Trinajstić information content (AvgIpc) is 2.47. The molecule has 1 fully saturated rings. The number of nitrogens with zero attached hydrogens (tertiary/aromatic N) is 3. The number of morpholine rings is 1. The number of nitrogens with one attached hydrogen (secondary N) is 1. The second-order valence-corrected chi connectivity index (χ2v) is 5.58. The van der Waals surface area contributed by atoms with Gasteiger partial charge in [-0.1, -0.05) is 18.5 Å². The number of carbonyl (C=O) groups excluding carboxylic acids is 1. The molecule has 0 aliphatic carbocycles. The smallest absolute Gasteiger partial charge is 0.252 e. The molecule has 1 aliphatic heterocycles. The van der Waals surface area contributed by atoms with E-state index in [1.54, 1.807) is 0 Å². The number of ether oxygens (including phenoxy) is 1. The molecule has 1 amide bonds. The Morgan fingerprint density at radius 2 is 2.24 bits per heavy atom. The van der Waals surface area contributed by atoms with Crippen LogP contribution in [0.5, 0.6) is 0 Å². The number of amides is 1. The zero-order chi connectivity index (χ0) is 15.2. The maximum atomic E-state index is 11.4. The molecule has 1 saturated heterocycles. The summed E-state index contributed by atoms with van der Waals surface area (Å²) >= 11 is 5.72. The summed E-state index contributed by atoms with van der Waals surface area (Å²) in [4.78, 5) is 13.7. The fraction of sp³-hybridized carbons (Fsp3) is 0.615. The van der Waals surface area contributed by atoms with Crippen molar-refractivity contribution in [3.8, 4) is 0 Å². The van der Waals surface area contributed by atoms with Crippen LogP contribution in [-0.4, -0.2) is 60.4 Å². The largest absolute Gasteiger partial charge is 0.379 e. The Bertz CT molecular complexity index is 493. The molecule has 0 bridgehead atoms. The van der Waals surface area contributed by atoms with Gasteiger partial charge < -0.3 is 15.8 Å². The summed E-state index contributed by atoms with van der Waals surface area (Å²) in [7, 11) is 0. The average molecular weight is 314 g/mol. The molecule has 116 valence electrons. The van der Waals surface area contributed by atoms with Crippen LogP contribution in [0.25, 0.3) is 0 Å². The second-order valence-electron chi connectivity index (χ2n) is 5.19. The fourth-order valence-corrected chi connectivity index (χ4v) is 2.39. The maximum Gasteiger partial charge on any atom is 0.252 e. The maximum absolute atomic E-state index is 11.4. The Labute approximate surface area is 128 Å². The molecular formula is C13H20ClN5O2. The van der Waals surface area contributed by atoms with E-state index in [9.17, 15) is 4.79 Å². The van der Waals surface area contributed by atoms with Crippen molar-refractivity contribution in [2.24, 2.45) is 11.7 Å². The Morgan fingerprint density at radius 1 is 1.52 bits per heavy atom. The highest BCUT2D eigenvalue weighted by molar-refractivity contribution is 6.29. The summed E-state index contributed by atoms with van der Waals surface area (Å²) in [5.41, 5.74) is 5.57. The summed E-state index contributed by atoms with van der Waals surface area (Å²) in [6, 6.07) is 1.42. The number of hydrogen-bond acceptors (Lipinski definition) is 6. The van der Waals surface area contributed by atoms with E-state index < -0.39 is 5.91 Å². The van der Waals surface area contributed by atoms with E-state index in [-0.39, 0.29) is 10.7 Å². The van der Waals surface area contributed by atoms with Crippen molar-refractivity contribution in [2.75, 3.05) is 44.7 Å². The molecular weight excluding hydrogens is 294 g/mol. The highest BCUT2D eigenvalue weighted by atomic mass is 35.5. The van der Waals surface area contributed by atoms with Gasteiger partial charge in [0.1, 0.15) is 0 Å². The minimum atomic E-state index is -0.574. The molecule has 0 spiro atoms. The van der Waals surface area contributed by atoms with Gasteiger partial charge in [0.2, 0.25) is 0 Å². The Kier molecular flexibility index (Phi) is 5.72. The number of aromatic nitrogens is 2. The van der Waals surface area contributed by atoms with Gasteiger partial charge in [-0.15, -0.1) is 10.2 Å². The van der Waals surface area contributed by atoms with Gasteiger partial charge in [0.05, 0.1) is 18.8 Å². The lowest BCUT2D eigenvalue weighted by Crippen LogP contribution is -2.40. The molecule has 8 heteroatoms. The van der Waals surface area contributed by atoms with Crippen LogP contribution in [0, 0.1) is 5.92 Å². The molecule has 1 atom stereocenters. The van der Waals surface area contributed by atoms with Crippen LogP contribution in [0.1, 0.15) is 17.3 Å². The molecule has 1 aromatic heterocycles. The number of rotatable bonds is 6. The van der Waals surface area contributed by atoms with Crippen molar-refractivity contribution >= 4 is 23.3 Å². The van der Waals surface area contributed by atoms with Gasteiger partial charge in [0.25, 0.3) is 5.91 Å². The van der Waals surface area contributed by atoms with Crippen molar-refractivity contribution in [3.05, 3.63) is 16.8 Å². The first kappa shape index (κ1) is 15.9. The minimum Gasteiger partial charge on any atom is -0.379 e. The Balaban J connectivity index is 1.88. The van der Waals surface area contributed by atoms with E-state index in [0.717, 1.165) is 32.8 Å². The topological polar surface area (TPSA) is 93.4 Å². The quantitative estimate of drug-likeness (QED) is 0.799. The number of anilines is 1. The first-order chi connectivity index (χ1) is 10.1. The third-order valence-corrected chi connectivity index (χ3v) is 3.51. The van der Waals surface area contributed by atoms with E-state index in [0.29, 0.717) is 18.3 Å². The van der Waals surface area contributed by atoms with Gasteiger partial charge in [0.15, 0.2) is 11.0 Å². The molecule has 1 unspecified atom stereocenters. The van der Waals surface area contributed by atoms with Crippen molar-refractivity contribution in [1.29, 1.82) is 0 Å². The van der Waals surface area contributed by atoms with E-state index >= 15 is 0 Å². The third-order valence-electron chi connectivity index (χ3n) is 3.32. The predicted octanol–water partition coefficient (Wildman–Crippen LogP) is 0.609. The summed E-state index contributed by atoms with van der Waals surface area (Å²) in [5.74, 6) is 0.192. The lowest BCUT2D eigenvalue weighted by molar-refractivity contribution is 0.0325. The normalized spacial score (nSPS) is 17.4. The molecule has 0 saturated carbocycles. The lowest BCUT2D eigenvalue weighted by atomic mass is 10.1. The van der Waals surface area contributed by atoms with E-state index in [1.165, 1.54) is 6.07 Å². The Morgan fingerprint density at radius 3 is 2.90 bits per heavy atom. The zero-order valence-corrected chi connectivity index (χ0v) is 12.8. The first-order valence-electron chi connectivity index (χ1n) is 6.93. The van der Waals surface area contributed by atoms with E-state index in [4.69, 9.17) is 22.1 Å². The van der Waals surface area contributed by atoms with Crippen LogP contribution in [-0.2, 0) is 4.74 Å². The van der Waals surface area contributed by atoms with Gasteiger partial charge in [-0.05, 0) is 12.0 Å². The molecule has 3 N–H and O–H groups in total. The highest BCUT2D eigenvalue weighted by Gasteiger charge is 2.16. The molecule has 0 radical (unpaired) electrons. The van der Waals surface area contributed by atoms with Crippen LogP contribution < -0.4 is 11.1 Å². The zero-order valence-electron chi connectivity index (χ0n) is 12.0. The minimum absolute atomic E-state index is 0.149. The highest BCUT2D eigenvalue weighted by Crippen LogP contribution is 2.15. The molecule has 2 rings (SSSR count). The van der Waals surface area contributed by atoms with Gasteiger partial charge in [0, 0.05) is 26.2 Å². The molecule has 21 heavy (non-hydrogen) atoms. The SMILES string of the molecule is CC(CNc1nnc(Cl)cc1C(N)=O)CN1CCOCC1. The van der Waals surface area contributed by atoms with Crippen LogP contribution >= 0.6 is 11.6 Å². The second kappa shape index (κ2) is 7.53. The predicted molar refractivity (Wildman–Crippen MR) is 80.5 cm³/mol. The molecule has 0 aromatic carbocycles. The van der Waals surface area contributed by atoms with Gasteiger partial charge in [-0.3, -0.25) is 9.69 Å². The summed E-state index contributed by atoms with van der Waals surface area (Å²) < 4.78 is 5.32. The van der Waals surface area contributed by atoms with Gasteiger partial charge in [-0.25, -0.2) is 0 Å². The summed E-state index contributed by atoms with van der Waals surface area (Å²) in [6.45, 7) is 7.26. The number of halogens is 1. The van der Waals surface area contributed by atoms with Crippen molar-refractivity contribution in [3.63, 3.8) is 0 Å². The van der Waals surface area contributed by atoms with E-state index in [2.05, 4.69) is 27.3 Å². The van der Waals surface area contributed by atoms with E-state index in [1.807, 2.05) is 0 Å². The molecule has 2 heterocycles. The van der Waals surface area contributed by atoms with Gasteiger partial charge in [-0.2, -0.15) is 0 Å². The van der Waals surface area contributed by atoms with Crippen molar-refractivity contribution < 1.29 is 9.53 Å². The number of nitrogens with two attached hydrogens (primary N) is 1. The standard InChI is InChI=1S/C13H20ClN5O2/c1-9(8-19-2-4-21-5-3-19)7-16-13-10(12(15)20)6-11(14)17-18-13/h6,9H,2-5,7-8H2,1H3,(H2,15,20)(H,16,18). The van der Waals surface area contributed by atoms with Gasteiger partial charge >= 0.3 is 0 Å². The van der Waals surface area contributed by atoms with Crippen LogP contribution in [0.4, 0.5) is 5.82 Å². The number of hydrogen-bond donors (Lipinski definition) is 2. The molecule has 7 nitrogen and oxygen atoms in total. The first-order valence-corrected chi connectivity index (χ1v) is 7.31. The lowest BCUT2D eigenvalue weighted by Gasteiger charge is -2.29. The summed E-state index contributed by atoms with van der Waals surface area (Å²) in [6.07, 6.45) is 0. The molecule has 1 aromatic rings. The number of carbonyl (C=O) groups is 1. The van der Waals surface area contributed by atoms with Crippen LogP contribution in [0.2, 0.25) is 5.15 Å². The summed E-state index contributed by atoms with van der Waals surface area (Å²) in [5, 5.41) is 10.9. The molecule has 1 aliphatic rings. The Hall–Kier alpha value is -1.44. The van der Waals surface area contributed by atoms with Crippen molar-refractivity contribution in [2.45, 2.75) is 6.92 Å².